The van der Waals surface area contributed by atoms with Gasteiger partial charge < -0.3 is 9.84 Å². The van der Waals surface area contributed by atoms with Crippen LogP contribution in [-0.4, -0.2) is 32.7 Å². The van der Waals surface area contributed by atoms with Crippen LogP contribution in [0, 0.1) is 0 Å². The molecule has 0 spiro atoms. The quantitative estimate of drug-likeness (QED) is 0.899. The van der Waals surface area contributed by atoms with Crippen molar-refractivity contribution in [3.8, 4) is 10.6 Å². The molecule has 2 aromatic rings. The molecule has 8 heteroatoms. The van der Waals surface area contributed by atoms with E-state index >= 15 is 0 Å². The predicted molar refractivity (Wildman–Crippen MR) is 82.2 cm³/mol. The van der Waals surface area contributed by atoms with Crippen molar-refractivity contribution >= 4 is 29.2 Å². The lowest BCUT2D eigenvalue weighted by Crippen LogP contribution is -2.27. The summed E-state index contributed by atoms with van der Waals surface area (Å²) in [6.45, 7) is 5.32. The van der Waals surface area contributed by atoms with Crippen LogP contribution in [-0.2, 0) is 4.74 Å². The maximum Gasteiger partial charge on any atom is 0.413 e. The lowest BCUT2D eigenvalue weighted by molar-refractivity contribution is 0.0633. The molecule has 2 rings (SSSR count). The Kier molecular flexibility index (Phi) is 4.41. The molecule has 0 aliphatic carbocycles. The van der Waals surface area contributed by atoms with Gasteiger partial charge in [0.05, 0.1) is 0 Å². The number of carboxylic acids is 1. The number of carbonyl (C=O) groups excluding carboxylic acids is 1. The highest BCUT2D eigenvalue weighted by atomic mass is 32.1. The minimum Gasteiger partial charge on any atom is -0.477 e. The zero-order chi connectivity index (χ0) is 16.3. The van der Waals surface area contributed by atoms with Gasteiger partial charge in [0.2, 0.25) is 0 Å². The Balaban J connectivity index is 2.08. The molecule has 1 amide bonds. The molecular formula is C14H15N3O4S. The lowest BCUT2D eigenvalue weighted by atomic mass is 10.2. The van der Waals surface area contributed by atoms with Gasteiger partial charge in [0.25, 0.3) is 0 Å². The molecule has 116 valence electrons. The fourth-order valence-electron chi connectivity index (χ4n) is 1.52. The first-order chi connectivity index (χ1) is 10.2. The maximum atomic E-state index is 11.6. The second-order valence-electron chi connectivity index (χ2n) is 5.40. The van der Waals surface area contributed by atoms with Gasteiger partial charge >= 0.3 is 12.1 Å². The summed E-state index contributed by atoms with van der Waals surface area (Å²) < 4.78 is 5.14. The van der Waals surface area contributed by atoms with Crippen molar-refractivity contribution < 1.29 is 19.4 Å². The molecule has 2 heterocycles. The molecule has 0 saturated heterocycles. The SMILES string of the molecule is CC(C)(C)OC(=O)Nc1csc(-c2ccc(C(=O)O)nc2)n1. The second kappa shape index (κ2) is 6.10. The molecule has 0 bridgehead atoms. The number of pyridine rings is 1. The zero-order valence-electron chi connectivity index (χ0n) is 12.3. The van der Waals surface area contributed by atoms with E-state index < -0.39 is 17.7 Å². The minimum absolute atomic E-state index is 0.0348. The number of aromatic carboxylic acids is 1. The Labute approximate surface area is 131 Å². The summed E-state index contributed by atoms with van der Waals surface area (Å²) in [6.07, 6.45) is 0.850. The van der Waals surface area contributed by atoms with Gasteiger partial charge in [0.15, 0.2) is 0 Å². The smallest absolute Gasteiger partial charge is 0.413 e. The number of ether oxygens (including phenoxy) is 1. The summed E-state index contributed by atoms with van der Waals surface area (Å²) in [7, 11) is 0. The van der Waals surface area contributed by atoms with E-state index in [0.717, 1.165) is 0 Å². The largest absolute Gasteiger partial charge is 0.477 e. The molecule has 22 heavy (non-hydrogen) atoms. The topological polar surface area (TPSA) is 101 Å². The first-order valence-corrected chi connectivity index (χ1v) is 7.28. The fourth-order valence-corrected chi connectivity index (χ4v) is 2.26. The van der Waals surface area contributed by atoms with Crippen LogP contribution in [0.4, 0.5) is 10.6 Å². The average molecular weight is 321 g/mol. The van der Waals surface area contributed by atoms with Crippen molar-refractivity contribution in [1.82, 2.24) is 9.97 Å². The minimum atomic E-state index is -1.09. The summed E-state index contributed by atoms with van der Waals surface area (Å²) in [6, 6.07) is 3.02. The molecule has 0 saturated carbocycles. The summed E-state index contributed by atoms with van der Waals surface area (Å²) in [5.41, 5.74) is 0.0548. The number of carboxylic acid groups (broad SMARTS) is 1. The molecule has 0 unspecified atom stereocenters. The van der Waals surface area contributed by atoms with E-state index in [1.54, 1.807) is 32.2 Å². The van der Waals surface area contributed by atoms with E-state index in [2.05, 4.69) is 15.3 Å². The van der Waals surface area contributed by atoms with Gasteiger partial charge in [-0.2, -0.15) is 0 Å². The van der Waals surface area contributed by atoms with Crippen molar-refractivity contribution in [3.63, 3.8) is 0 Å². The molecule has 7 nitrogen and oxygen atoms in total. The molecular weight excluding hydrogens is 306 g/mol. The zero-order valence-corrected chi connectivity index (χ0v) is 13.1. The van der Waals surface area contributed by atoms with Crippen LogP contribution < -0.4 is 5.32 Å². The van der Waals surface area contributed by atoms with Gasteiger partial charge in [0.1, 0.15) is 22.1 Å². The van der Waals surface area contributed by atoms with Crippen LogP contribution in [0.2, 0.25) is 0 Å². The number of nitrogens with zero attached hydrogens (tertiary/aromatic N) is 2. The van der Waals surface area contributed by atoms with E-state index in [-0.39, 0.29) is 5.69 Å². The molecule has 0 aromatic carbocycles. The average Bonchev–Trinajstić information content (AvgIpc) is 2.85. The van der Waals surface area contributed by atoms with Crippen molar-refractivity contribution in [2.24, 2.45) is 0 Å². The standard InChI is InChI=1S/C14H15N3O4S/c1-14(2,3)21-13(20)17-10-7-22-11(16-10)8-4-5-9(12(18)19)15-6-8/h4-7H,1-3H3,(H,17,20)(H,18,19). The number of nitrogens with one attached hydrogen (secondary N) is 1. The Morgan fingerprint density at radius 3 is 2.59 bits per heavy atom. The third kappa shape index (κ3) is 4.26. The lowest BCUT2D eigenvalue weighted by Gasteiger charge is -2.19. The van der Waals surface area contributed by atoms with Crippen molar-refractivity contribution in [3.05, 3.63) is 29.4 Å². The van der Waals surface area contributed by atoms with Gasteiger partial charge in [-0.15, -0.1) is 11.3 Å². The van der Waals surface area contributed by atoms with Crippen LogP contribution >= 0.6 is 11.3 Å². The van der Waals surface area contributed by atoms with Gasteiger partial charge in [-0.05, 0) is 32.9 Å². The van der Waals surface area contributed by atoms with E-state index in [4.69, 9.17) is 9.84 Å². The number of hydrogen-bond donors (Lipinski definition) is 2. The first-order valence-electron chi connectivity index (χ1n) is 6.40. The van der Waals surface area contributed by atoms with Crippen LogP contribution in [0.15, 0.2) is 23.7 Å². The fraction of sp³-hybridized carbons (Fsp3) is 0.286. The molecule has 0 fully saturated rings. The van der Waals surface area contributed by atoms with Crippen LogP contribution in [0.3, 0.4) is 0 Å². The number of thiazole rings is 1. The maximum absolute atomic E-state index is 11.6. The molecule has 0 aliphatic heterocycles. The summed E-state index contributed by atoms with van der Waals surface area (Å²) >= 11 is 1.31. The monoisotopic (exact) mass is 321 g/mol. The Morgan fingerprint density at radius 1 is 1.32 bits per heavy atom. The molecule has 2 aromatic heterocycles. The molecule has 0 atom stereocenters. The van der Waals surface area contributed by atoms with Gasteiger partial charge in [-0.3, -0.25) is 5.32 Å². The molecule has 2 N–H and O–H groups in total. The summed E-state index contributed by atoms with van der Waals surface area (Å²) in [4.78, 5) is 30.5. The van der Waals surface area contributed by atoms with Crippen molar-refractivity contribution in [2.45, 2.75) is 26.4 Å². The Bertz CT molecular complexity index is 689. The van der Waals surface area contributed by atoms with Gasteiger partial charge in [-0.25, -0.2) is 19.6 Å². The Morgan fingerprint density at radius 2 is 2.05 bits per heavy atom. The van der Waals surface area contributed by atoms with Gasteiger partial charge in [-0.1, -0.05) is 0 Å². The second-order valence-corrected chi connectivity index (χ2v) is 6.26. The third-order valence-corrected chi connectivity index (χ3v) is 3.25. The number of carbonyl (C=O) groups is 2. The predicted octanol–water partition coefficient (Wildman–Crippen LogP) is 3.25. The molecule has 0 radical (unpaired) electrons. The van der Waals surface area contributed by atoms with E-state index in [1.807, 2.05) is 0 Å². The highest BCUT2D eigenvalue weighted by molar-refractivity contribution is 7.13. The number of hydrogen-bond acceptors (Lipinski definition) is 6. The number of aromatic nitrogens is 2. The normalized spacial score (nSPS) is 11.0. The van der Waals surface area contributed by atoms with Crippen LogP contribution in [0.5, 0.6) is 0 Å². The van der Waals surface area contributed by atoms with E-state index in [0.29, 0.717) is 16.4 Å². The van der Waals surface area contributed by atoms with Crippen LogP contribution in [0.25, 0.3) is 10.6 Å². The number of rotatable bonds is 3. The van der Waals surface area contributed by atoms with Crippen molar-refractivity contribution in [2.75, 3.05) is 5.32 Å². The van der Waals surface area contributed by atoms with Gasteiger partial charge in [0, 0.05) is 17.1 Å². The third-order valence-electron chi connectivity index (χ3n) is 2.36. The van der Waals surface area contributed by atoms with E-state index in [1.165, 1.54) is 23.6 Å². The highest BCUT2D eigenvalue weighted by Crippen LogP contribution is 2.25. The first kappa shape index (κ1) is 15.9. The summed E-state index contributed by atoms with van der Waals surface area (Å²) in [5, 5.41) is 13.6. The van der Waals surface area contributed by atoms with Crippen LogP contribution in [0.1, 0.15) is 31.3 Å². The number of amides is 1. The number of anilines is 1. The summed E-state index contributed by atoms with van der Waals surface area (Å²) in [5.74, 6) is -0.713. The highest BCUT2D eigenvalue weighted by Gasteiger charge is 2.17. The Hall–Kier alpha value is -2.48. The van der Waals surface area contributed by atoms with E-state index in [9.17, 15) is 9.59 Å². The molecule has 0 aliphatic rings. The van der Waals surface area contributed by atoms with Crippen molar-refractivity contribution in [1.29, 1.82) is 0 Å².